The van der Waals surface area contributed by atoms with Crippen LogP contribution in [-0.2, 0) is 10.1 Å². The van der Waals surface area contributed by atoms with Gasteiger partial charge < -0.3 is 18.9 Å². The highest BCUT2D eigenvalue weighted by atomic mass is 79.9. The lowest BCUT2D eigenvalue weighted by Crippen LogP contribution is -2.15. The van der Waals surface area contributed by atoms with E-state index in [-0.39, 0.29) is 22.4 Å². The molecule has 26 heavy (non-hydrogen) atoms. The van der Waals surface area contributed by atoms with Gasteiger partial charge in [-0.15, -0.1) is 0 Å². The number of carbonyl (C=O) groups excluding carboxylic acids is 2. The molecule has 2 aromatic carbocycles. The summed E-state index contributed by atoms with van der Waals surface area (Å²) in [5, 5.41) is 0.566. The molecule has 6 nitrogen and oxygen atoms in total. The Balaban J connectivity index is 2.76. The van der Waals surface area contributed by atoms with Crippen molar-refractivity contribution in [3.8, 4) is 17.2 Å². The molecule has 0 saturated heterocycles. The predicted molar refractivity (Wildman–Crippen MR) is 99.9 cm³/mol. The first-order chi connectivity index (χ1) is 12.5. The van der Waals surface area contributed by atoms with Crippen molar-refractivity contribution in [1.29, 1.82) is 0 Å². The number of benzene rings is 2. The number of hydrogen-bond acceptors (Lipinski definition) is 6. The molecule has 0 amide bonds. The smallest absolute Gasteiger partial charge is 0.338 e. The molecule has 2 aromatic rings. The molecule has 0 radical (unpaired) electrons. The van der Waals surface area contributed by atoms with E-state index >= 15 is 0 Å². The number of esters is 1. The Labute approximate surface area is 160 Å². The molecule has 0 unspecified atom stereocenters. The van der Waals surface area contributed by atoms with Gasteiger partial charge in [-0.1, -0.05) is 22.0 Å². The normalized spacial score (nSPS) is 10.2. The number of alkyl halides is 1. The highest BCUT2D eigenvalue weighted by Gasteiger charge is 2.28. The lowest BCUT2D eigenvalue weighted by atomic mass is 9.95. The highest BCUT2D eigenvalue weighted by Crippen LogP contribution is 2.36. The third-order valence-electron chi connectivity index (χ3n) is 3.83. The van der Waals surface area contributed by atoms with Crippen LogP contribution in [0.5, 0.6) is 17.2 Å². The Morgan fingerprint density at radius 1 is 0.885 bits per heavy atom. The van der Waals surface area contributed by atoms with Gasteiger partial charge in [0.1, 0.15) is 22.8 Å². The van der Waals surface area contributed by atoms with Crippen LogP contribution in [0.2, 0.25) is 0 Å². The zero-order chi connectivity index (χ0) is 19.3. The number of methoxy groups -OCH3 is 4. The molecule has 0 spiro atoms. The van der Waals surface area contributed by atoms with Gasteiger partial charge in [0, 0.05) is 5.33 Å². The Kier molecular flexibility index (Phi) is 6.63. The van der Waals surface area contributed by atoms with Gasteiger partial charge >= 0.3 is 5.97 Å². The van der Waals surface area contributed by atoms with E-state index in [9.17, 15) is 9.59 Å². The zero-order valence-corrected chi connectivity index (χ0v) is 16.5. The molecule has 0 N–H and O–H groups in total. The zero-order valence-electron chi connectivity index (χ0n) is 14.9. The van der Waals surface area contributed by atoms with E-state index in [4.69, 9.17) is 18.9 Å². The van der Waals surface area contributed by atoms with Crippen LogP contribution in [-0.4, -0.2) is 40.2 Å². The molecule has 0 aliphatic heterocycles. The minimum absolute atomic E-state index is 0.0880. The van der Waals surface area contributed by atoms with E-state index in [0.29, 0.717) is 16.8 Å². The van der Waals surface area contributed by atoms with E-state index in [1.165, 1.54) is 34.5 Å². The molecule has 2 rings (SSSR count). The molecule has 0 aliphatic rings. The summed E-state index contributed by atoms with van der Waals surface area (Å²) in [6, 6.07) is 8.19. The number of rotatable bonds is 7. The fraction of sp³-hybridized carbons (Fsp3) is 0.263. The van der Waals surface area contributed by atoms with Crippen molar-refractivity contribution in [2.75, 3.05) is 28.4 Å². The van der Waals surface area contributed by atoms with Gasteiger partial charge in [-0.05, 0) is 29.8 Å². The van der Waals surface area contributed by atoms with E-state index < -0.39 is 11.8 Å². The van der Waals surface area contributed by atoms with Gasteiger partial charge in [0.25, 0.3) is 0 Å². The van der Waals surface area contributed by atoms with Crippen LogP contribution < -0.4 is 14.2 Å². The number of carbonyl (C=O) groups is 2. The molecular weight excluding hydrogens is 404 g/mol. The Bertz CT molecular complexity index is 806. The summed E-state index contributed by atoms with van der Waals surface area (Å²) < 4.78 is 20.9. The van der Waals surface area contributed by atoms with Crippen LogP contribution in [0.25, 0.3) is 0 Å². The SMILES string of the molecule is COC(=O)c1cccc(OC)c1C(=O)c1c(OC)cc(CBr)cc1OC. The summed E-state index contributed by atoms with van der Waals surface area (Å²) in [5.41, 5.74) is 1.27. The van der Waals surface area contributed by atoms with Crippen LogP contribution in [0.15, 0.2) is 30.3 Å². The third kappa shape index (κ3) is 3.67. The molecule has 7 heteroatoms. The van der Waals surface area contributed by atoms with Gasteiger partial charge in [0.15, 0.2) is 0 Å². The standard InChI is InChI=1S/C19H19BrO6/c1-23-13-7-5-6-12(19(22)26-4)16(13)18(21)17-14(24-2)8-11(10-20)9-15(17)25-3/h5-9H,10H2,1-4H3. The van der Waals surface area contributed by atoms with Crippen LogP contribution in [0.1, 0.15) is 31.8 Å². The molecule has 0 fully saturated rings. The minimum Gasteiger partial charge on any atom is -0.496 e. The molecular formula is C19H19BrO6. The lowest BCUT2D eigenvalue weighted by Gasteiger charge is -2.17. The van der Waals surface area contributed by atoms with Crippen LogP contribution >= 0.6 is 15.9 Å². The third-order valence-corrected chi connectivity index (χ3v) is 4.47. The minimum atomic E-state index is -0.637. The Morgan fingerprint density at radius 3 is 1.92 bits per heavy atom. The largest absolute Gasteiger partial charge is 0.496 e. The van der Waals surface area contributed by atoms with Crippen molar-refractivity contribution in [3.63, 3.8) is 0 Å². The summed E-state index contributed by atoms with van der Waals surface area (Å²) in [4.78, 5) is 25.5. The summed E-state index contributed by atoms with van der Waals surface area (Å²) in [6.07, 6.45) is 0. The number of ether oxygens (including phenoxy) is 4. The first-order valence-corrected chi connectivity index (χ1v) is 8.75. The summed E-state index contributed by atoms with van der Waals surface area (Å²) in [5.74, 6) is -0.164. The van der Waals surface area contributed by atoms with Gasteiger partial charge in [-0.2, -0.15) is 0 Å². The van der Waals surface area contributed by atoms with Crippen molar-refractivity contribution < 1.29 is 28.5 Å². The summed E-state index contributed by atoms with van der Waals surface area (Å²) in [6.45, 7) is 0. The van der Waals surface area contributed by atoms with Crippen molar-refractivity contribution in [3.05, 3.63) is 52.6 Å². The van der Waals surface area contributed by atoms with E-state index in [1.807, 2.05) is 0 Å². The van der Waals surface area contributed by atoms with E-state index in [1.54, 1.807) is 24.3 Å². The summed E-state index contributed by atoms with van der Waals surface area (Å²) in [7, 11) is 5.61. The quantitative estimate of drug-likeness (QED) is 0.385. The highest BCUT2D eigenvalue weighted by molar-refractivity contribution is 9.08. The van der Waals surface area contributed by atoms with E-state index in [2.05, 4.69) is 15.9 Å². The van der Waals surface area contributed by atoms with Crippen LogP contribution in [0.4, 0.5) is 0 Å². The fourth-order valence-electron chi connectivity index (χ4n) is 2.61. The second kappa shape index (κ2) is 8.71. The summed E-state index contributed by atoms with van der Waals surface area (Å²) >= 11 is 3.38. The first-order valence-electron chi connectivity index (χ1n) is 7.63. The second-order valence-electron chi connectivity index (χ2n) is 5.21. The van der Waals surface area contributed by atoms with Crippen molar-refractivity contribution in [2.45, 2.75) is 5.33 Å². The molecule has 0 heterocycles. The number of hydrogen-bond donors (Lipinski definition) is 0. The van der Waals surface area contributed by atoms with Crippen molar-refractivity contribution >= 4 is 27.7 Å². The Hall–Kier alpha value is -2.54. The van der Waals surface area contributed by atoms with Gasteiger partial charge in [-0.25, -0.2) is 4.79 Å². The number of ketones is 1. The van der Waals surface area contributed by atoms with Gasteiger partial charge in [0.05, 0.1) is 39.6 Å². The fourth-order valence-corrected chi connectivity index (χ4v) is 2.93. The molecule has 138 valence electrons. The average Bonchev–Trinajstić information content (AvgIpc) is 2.70. The second-order valence-corrected chi connectivity index (χ2v) is 5.77. The van der Waals surface area contributed by atoms with Crippen LogP contribution in [0.3, 0.4) is 0 Å². The molecule has 0 aromatic heterocycles. The maximum atomic E-state index is 13.4. The lowest BCUT2D eigenvalue weighted by molar-refractivity contribution is 0.0597. The van der Waals surface area contributed by atoms with Gasteiger partial charge in [-0.3, -0.25) is 4.79 Å². The topological polar surface area (TPSA) is 71.1 Å². The van der Waals surface area contributed by atoms with Gasteiger partial charge in [0.2, 0.25) is 5.78 Å². The molecule has 0 saturated carbocycles. The number of halogens is 1. The maximum Gasteiger partial charge on any atom is 0.338 e. The predicted octanol–water partition coefficient (Wildman–Crippen LogP) is 3.62. The molecule has 0 bridgehead atoms. The van der Waals surface area contributed by atoms with Crippen molar-refractivity contribution in [1.82, 2.24) is 0 Å². The van der Waals surface area contributed by atoms with Crippen molar-refractivity contribution in [2.24, 2.45) is 0 Å². The molecule has 0 atom stereocenters. The average molecular weight is 423 g/mol. The van der Waals surface area contributed by atoms with E-state index in [0.717, 1.165) is 5.56 Å². The maximum absolute atomic E-state index is 13.4. The Morgan fingerprint density at radius 2 is 1.46 bits per heavy atom. The van der Waals surface area contributed by atoms with Crippen LogP contribution in [0, 0.1) is 0 Å². The monoisotopic (exact) mass is 422 g/mol. The first kappa shape index (κ1) is 19.8. The molecule has 0 aliphatic carbocycles.